The van der Waals surface area contributed by atoms with Crippen molar-refractivity contribution < 1.29 is 9.18 Å². The maximum Gasteiger partial charge on any atom is 0.257 e. The highest BCUT2D eigenvalue weighted by Crippen LogP contribution is 2.16. The van der Waals surface area contributed by atoms with Gasteiger partial charge in [-0.2, -0.15) is 0 Å². The first-order chi connectivity index (χ1) is 10.0. The largest absolute Gasteiger partial charge is 0.372 e. The van der Waals surface area contributed by atoms with Crippen LogP contribution in [0, 0.1) is 12.7 Å². The Balaban J connectivity index is 2.21. The van der Waals surface area contributed by atoms with Crippen LogP contribution in [0.5, 0.6) is 0 Å². The summed E-state index contributed by atoms with van der Waals surface area (Å²) in [5.74, 6) is -0.500. The smallest absolute Gasteiger partial charge is 0.257 e. The fourth-order valence-electron chi connectivity index (χ4n) is 2.01. The molecule has 0 atom stereocenters. The molecule has 1 N–H and O–H groups in total. The van der Waals surface area contributed by atoms with Crippen LogP contribution in [0.25, 0.3) is 0 Å². The van der Waals surface area contributed by atoms with Gasteiger partial charge < -0.3 is 10.2 Å². The van der Waals surface area contributed by atoms with Crippen molar-refractivity contribution in [3.8, 4) is 0 Å². The van der Waals surface area contributed by atoms with Crippen LogP contribution in [0.4, 0.5) is 10.2 Å². The fourth-order valence-corrected chi connectivity index (χ4v) is 2.01. The van der Waals surface area contributed by atoms with E-state index in [0.29, 0.717) is 12.4 Å². The Kier molecular flexibility index (Phi) is 4.47. The molecule has 2 aromatic heterocycles. The third-order valence-electron chi connectivity index (χ3n) is 3.01. The number of aromatic nitrogens is 2. The molecule has 0 aromatic carbocycles. The minimum Gasteiger partial charge on any atom is -0.372 e. The van der Waals surface area contributed by atoms with E-state index in [0.717, 1.165) is 17.6 Å². The van der Waals surface area contributed by atoms with Crippen molar-refractivity contribution in [3.05, 3.63) is 53.2 Å². The van der Waals surface area contributed by atoms with E-state index in [1.165, 1.54) is 11.0 Å². The third kappa shape index (κ3) is 3.53. The highest BCUT2D eigenvalue weighted by Gasteiger charge is 2.18. The molecule has 0 radical (unpaired) electrons. The van der Waals surface area contributed by atoms with Crippen LogP contribution >= 0.6 is 0 Å². The molecule has 0 aliphatic rings. The Morgan fingerprint density at radius 1 is 1.43 bits per heavy atom. The number of rotatable bonds is 4. The van der Waals surface area contributed by atoms with Gasteiger partial charge in [0.15, 0.2) is 0 Å². The molecule has 0 saturated carbocycles. The normalized spacial score (nSPS) is 10.3. The number of nitrogens with one attached hydrogen (secondary N) is 1. The molecule has 0 aliphatic carbocycles. The number of halogens is 1. The Morgan fingerprint density at radius 2 is 2.19 bits per heavy atom. The van der Waals surface area contributed by atoms with Crippen LogP contribution in [0.1, 0.15) is 21.7 Å². The Labute approximate surface area is 122 Å². The Bertz CT molecular complexity index is 660. The van der Waals surface area contributed by atoms with Crippen molar-refractivity contribution in [1.82, 2.24) is 14.9 Å². The first-order valence-corrected chi connectivity index (χ1v) is 6.52. The lowest BCUT2D eigenvalue weighted by molar-refractivity contribution is 0.0783. The van der Waals surface area contributed by atoms with E-state index in [2.05, 4.69) is 15.3 Å². The number of aryl methyl sites for hydroxylation is 1. The lowest BCUT2D eigenvalue weighted by atomic mass is 10.2. The number of carbonyl (C=O) groups excluding carboxylic acids is 1. The van der Waals surface area contributed by atoms with E-state index in [1.807, 2.05) is 25.1 Å². The van der Waals surface area contributed by atoms with Gasteiger partial charge in [0.25, 0.3) is 5.91 Å². The zero-order valence-electron chi connectivity index (χ0n) is 12.2. The lowest BCUT2D eigenvalue weighted by Crippen LogP contribution is -2.27. The van der Waals surface area contributed by atoms with Crippen LogP contribution in [0.2, 0.25) is 0 Å². The van der Waals surface area contributed by atoms with Crippen molar-refractivity contribution >= 4 is 11.7 Å². The Morgan fingerprint density at radius 3 is 2.86 bits per heavy atom. The molecule has 6 heteroatoms. The van der Waals surface area contributed by atoms with Crippen molar-refractivity contribution in [3.63, 3.8) is 0 Å². The predicted octanol–water partition coefficient (Wildman–Crippen LogP) is 2.24. The molecule has 2 rings (SSSR count). The van der Waals surface area contributed by atoms with E-state index in [4.69, 9.17) is 0 Å². The summed E-state index contributed by atoms with van der Waals surface area (Å²) >= 11 is 0. The van der Waals surface area contributed by atoms with Gasteiger partial charge in [0.1, 0.15) is 11.6 Å². The van der Waals surface area contributed by atoms with Gasteiger partial charge in [-0.1, -0.05) is 6.07 Å². The summed E-state index contributed by atoms with van der Waals surface area (Å²) < 4.78 is 13.3. The number of carbonyl (C=O) groups is 1. The topological polar surface area (TPSA) is 58.1 Å². The molecular formula is C15H17FN4O. The summed E-state index contributed by atoms with van der Waals surface area (Å²) in [5, 5.41) is 2.79. The van der Waals surface area contributed by atoms with Gasteiger partial charge >= 0.3 is 0 Å². The number of pyridine rings is 2. The van der Waals surface area contributed by atoms with Gasteiger partial charge in [-0.05, 0) is 25.1 Å². The molecule has 2 heterocycles. The minimum absolute atomic E-state index is 0.202. The highest BCUT2D eigenvalue weighted by molar-refractivity contribution is 5.98. The monoisotopic (exact) mass is 288 g/mol. The molecule has 5 nitrogen and oxygen atoms in total. The minimum atomic E-state index is -0.542. The van der Waals surface area contributed by atoms with Gasteiger partial charge in [-0.3, -0.25) is 9.78 Å². The number of hydrogen-bond donors (Lipinski definition) is 1. The van der Waals surface area contributed by atoms with Gasteiger partial charge in [-0.25, -0.2) is 9.37 Å². The van der Waals surface area contributed by atoms with Crippen LogP contribution in [0.15, 0.2) is 30.5 Å². The molecule has 110 valence electrons. The molecule has 0 bridgehead atoms. The molecule has 1 amide bonds. The fraction of sp³-hybridized carbons (Fsp3) is 0.267. The van der Waals surface area contributed by atoms with E-state index in [-0.39, 0.29) is 11.5 Å². The third-order valence-corrected chi connectivity index (χ3v) is 3.01. The van der Waals surface area contributed by atoms with E-state index in [9.17, 15) is 9.18 Å². The summed E-state index contributed by atoms with van der Waals surface area (Å²) in [4.78, 5) is 22.1. The summed E-state index contributed by atoms with van der Waals surface area (Å²) in [7, 11) is 3.29. The number of amides is 1. The molecule has 0 fully saturated rings. The maximum absolute atomic E-state index is 13.3. The van der Waals surface area contributed by atoms with Crippen molar-refractivity contribution in [2.75, 3.05) is 19.4 Å². The van der Waals surface area contributed by atoms with E-state index >= 15 is 0 Å². The molecular weight excluding hydrogens is 271 g/mol. The van der Waals surface area contributed by atoms with Gasteiger partial charge in [0, 0.05) is 19.8 Å². The Hall–Kier alpha value is -2.50. The average Bonchev–Trinajstić information content (AvgIpc) is 2.46. The number of nitrogens with zero attached hydrogens (tertiary/aromatic N) is 3. The second kappa shape index (κ2) is 6.30. The van der Waals surface area contributed by atoms with Gasteiger partial charge in [0.2, 0.25) is 0 Å². The molecule has 21 heavy (non-hydrogen) atoms. The van der Waals surface area contributed by atoms with Crippen molar-refractivity contribution in [1.29, 1.82) is 0 Å². The molecule has 0 aliphatic heterocycles. The summed E-state index contributed by atoms with van der Waals surface area (Å²) in [5.41, 5.74) is 1.87. The average molecular weight is 288 g/mol. The molecule has 2 aromatic rings. The zero-order valence-corrected chi connectivity index (χ0v) is 12.2. The van der Waals surface area contributed by atoms with Gasteiger partial charge in [0.05, 0.1) is 24.0 Å². The second-order valence-electron chi connectivity index (χ2n) is 4.73. The quantitative estimate of drug-likeness (QED) is 0.937. The molecule has 0 spiro atoms. The number of hydrogen-bond acceptors (Lipinski definition) is 4. The van der Waals surface area contributed by atoms with E-state index < -0.39 is 5.82 Å². The van der Waals surface area contributed by atoms with Crippen molar-refractivity contribution in [2.45, 2.75) is 13.5 Å². The lowest BCUT2D eigenvalue weighted by Gasteiger charge is -2.18. The SMILES string of the molecule is CNc1ncc(F)cc1C(=O)N(C)Cc1cccc(C)n1. The number of anilines is 1. The van der Waals surface area contributed by atoms with Crippen LogP contribution in [-0.4, -0.2) is 34.9 Å². The standard InChI is InChI=1S/C15H17FN4O/c1-10-5-4-6-12(19-10)9-20(3)15(21)13-7-11(16)8-18-14(13)17-2/h4-8H,9H2,1-3H3,(H,17,18). The maximum atomic E-state index is 13.3. The summed E-state index contributed by atoms with van der Waals surface area (Å²) in [6.45, 7) is 2.24. The van der Waals surface area contributed by atoms with Crippen molar-refractivity contribution in [2.24, 2.45) is 0 Å². The first kappa shape index (κ1) is 14.9. The molecule has 0 saturated heterocycles. The predicted molar refractivity (Wildman–Crippen MR) is 78.5 cm³/mol. The summed E-state index contributed by atoms with van der Waals surface area (Å²) in [6, 6.07) is 6.81. The van der Waals surface area contributed by atoms with E-state index in [1.54, 1.807) is 14.1 Å². The summed E-state index contributed by atoms with van der Waals surface area (Å²) in [6.07, 6.45) is 1.07. The first-order valence-electron chi connectivity index (χ1n) is 6.52. The van der Waals surface area contributed by atoms with Gasteiger partial charge in [-0.15, -0.1) is 0 Å². The second-order valence-corrected chi connectivity index (χ2v) is 4.73. The van der Waals surface area contributed by atoms with Crippen LogP contribution in [0.3, 0.4) is 0 Å². The zero-order chi connectivity index (χ0) is 15.4. The van der Waals surface area contributed by atoms with Crippen LogP contribution < -0.4 is 5.32 Å². The van der Waals surface area contributed by atoms with Crippen LogP contribution in [-0.2, 0) is 6.54 Å². The molecule has 0 unspecified atom stereocenters. The highest BCUT2D eigenvalue weighted by atomic mass is 19.1.